The zero-order valence-electron chi connectivity index (χ0n) is 24.2. The number of amides is 1. The van der Waals surface area contributed by atoms with E-state index in [1.165, 1.54) is 0 Å². The van der Waals surface area contributed by atoms with E-state index < -0.39 is 5.60 Å². The van der Waals surface area contributed by atoms with E-state index in [0.29, 0.717) is 17.9 Å². The summed E-state index contributed by atoms with van der Waals surface area (Å²) in [6.07, 6.45) is 6.41. The van der Waals surface area contributed by atoms with Crippen molar-refractivity contribution in [1.29, 1.82) is 5.26 Å². The molecule has 8 heterocycles. The molecule has 8 rings (SSSR count). The van der Waals surface area contributed by atoms with Gasteiger partial charge in [-0.15, -0.1) is 0 Å². The number of carbonyl (C=O) groups excluding carboxylic acids is 1. The highest BCUT2D eigenvalue weighted by atomic mass is 16.5. The molecule has 42 heavy (non-hydrogen) atoms. The number of aliphatic hydroxyl groups is 1. The molecule has 4 atom stereocenters. The summed E-state index contributed by atoms with van der Waals surface area (Å²) in [5.41, 5.74) is 1.98. The molecule has 220 valence electrons. The number of rotatable bonds is 8. The summed E-state index contributed by atoms with van der Waals surface area (Å²) < 4.78 is 7.94. The van der Waals surface area contributed by atoms with Crippen LogP contribution in [0.25, 0.3) is 16.6 Å². The van der Waals surface area contributed by atoms with E-state index in [0.717, 1.165) is 86.5 Å². The lowest BCUT2D eigenvalue weighted by molar-refractivity contribution is -0.150. The van der Waals surface area contributed by atoms with Crippen LogP contribution >= 0.6 is 0 Å². The summed E-state index contributed by atoms with van der Waals surface area (Å²) >= 11 is 0. The van der Waals surface area contributed by atoms with Gasteiger partial charge in [0.1, 0.15) is 24.2 Å². The average molecular weight is 571 g/mol. The molecule has 0 aliphatic carbocycles. The Morgan fingerprint density at radius 2 is 1.93 bits per heavy atom. The number of carbonyl (C=O) groups is 1. The molecule has 5 fully saturated rings. The fourth-order valence-corrected chi connectivity index (χ4v) is 7.30. The highest BCUT2D eigenvalue weighted by Gasteiger charge is 2.48. The predicted octanol–water partition coefficient (Wildman–Crippen LogP) is 1.75. The molecular formula is C31H38N8O3. The molecule has 5 aliphatic rings. The van der Waals surface area contributed by atoms with Gasteiger partial charge in [-0.2, -0.15) is 10.4 Å². The van der Waals surface area contributed by atoms with Gasteiger partial charge in [0.05, 0.1) is 47.6 Å². The summed E-state index contributed by atoms with van der Waals surface area (Å²) in [4.78, 5) is 24.2. The monoisotopic (exact) mass is 570 g/mol. The van der Waals surface area contributed by atoms with Gasteiger partial charge < -0.3 is 25.0 Å². The first-order chi connectivity index (χ1) is 20.3. The fourth-order valence-electron chi connectivity index (χ4n) is 7.30. The van der Waals surface area contributed by atoms with Crippen LogP contribution in [0.3, 0.4) is 0 Å². The minimum Gasteiger partial charge on any atom is -0.491 e. The predicted molar refractivity (Wildman–Crippen MR) is 157 cm³/mol. The lowest BCUT2D eigenvalue weighted by Crippen LogP contribution is -2.70. The maximum atomic E-state index is 12.7. The van der Waals surface area contributed by atoms with Crippen LogP contribution in [-0.4, -0.2) is 106 Å². The minimum atomic E-state index is -1.00. The van der Waals surface area contributed by atoms with Crippen LogP contribution in [-0.2, 0) is 4.79 Å². The molecule has 2 N–H and O–H groups in total. The van der Waals surface area contributed by atoms with Crippen molar-refractivity contribution in [3.63, 3.8) is 0 Å². The Hall–Kier alpha value is -3.72. The maximum absolute atomic E-state index is 12.7. The van der Waals surface area contributed by atoms with Gasteiger partial charge >= 0.3 is 0 Å². The van der Waals surface area contributed by atoms with E-state index >= 15 is 0 Å². The minimum absolute atomic E-state index is 0.0206. The standard InChI is InChI=1S/C31H38N8O3/c1-31(2,41)9-29(40)39-24-7-25(39)18-37(17-24)28-4-3-20(13-34-28)27-8-26(19-38-30(27)21(10-32)14-35-38)42-6-5-36-15-22-11-33-12-23(22)16-36/h3-4,8,13-14,19,22-25,33,41H,5-7,9,11-12,15-18H2,1-2H3. The van der Waals surface area contributed by atoms with Crippen molar-refractivity contribution in [2.24, 2.45) is 11.8 Å². The first-order valence-electron chi connectivity index (χ1n) is 15.0. The second-order valence-corrected chi connectivity index (χ2v) is 13.0. The molecule has 3 aromatic rings. The van der Waals surface area contributed by atoms with Crippen LogP contribution < -0.4 is 15.0 Å². The van der Waals surface area contributed by atoms with E-state index in [1.807, 2.05) is 35.5 Å². The van der Waals surface area contributed by atoms with Crippen LogP contribution in [0.15, 0.2) is 36.8 Å². The van der Waals surface area contributed by atoms with Crippen molar-refractivity contribution in [2.45, 2.75) is 44.4 Å². The van der Waals surface area contributed by atoms with E-state index in [2.05, 4.69) is 26.3 Å². The summed E-state index contributed by atoms with van der Waals surface area (Å²) in [5, 5.41) is 27.8. The Kier molecular flexibility index (Phi) is 6.80. The third-order valence-corrected chi connectivity index (χ3v) is 9.30. The first kappa shape index (κ1) is 27.1. The second kappa shape index (κ2) is 10.5. The number of nitriles is 1. The fraction of sp³-hybridized carbons (Fsp3) is 0.548. The Morgan fingerprint density at radius 1 is 1.17 bits per heavy atom. The van der Waals surface area contributed by atoms with Gasteiger partial charge in [0, 0.05) is 50.0 Å². The number of fused-ring (bicyclic) bond motifs is 4. The van der Waals surface area contributed by atoms with Gasteiger partial charge in [0.25, 0.3) is 0 Å². The number of aromatic nitrogens is 3. The van der Waals surface area contributed by atoms with Crippen molar-refractivity contribution in [3.05, 3.63) is 42.4 Å². The Balaban J connectivity index is 1.05. The van der Waals surface area contributed by atoms with Gasteiger partial charge in [0.15, 0.2) is 0 Å². The molecule has 11 nitrogen and oxygen atoms in total. The molecule has 0 spiro atoms. The van der Waals surface area contributed by atoms with Crippen molar-refractivity contribution < 1.29 is 14.6 Å². The quantitative estimate of drug-likeness (QED) is 0.417. The summed E-state index contributed by atoms with van der Waals surface area (Å²) in [5.74, 6) is 3.11. The molecule has 1 amide bonds. The summed E-state index contributed by atoms with van der Waals surface area (Å²) in [6.45, 7) is 10.8. The molecule has 11 heteroatoms. The number of anilines is 1. The largest absolute Gasteiger partial charge is 0.491 e. The third kappa shape index (κ3) is 5.08. The molecule has 5 aliphatic heterocycles. The molecule has 2 bridgehead atoms. The van der Waals surface area contributed by atoms with Gasteiger partial charge in [-0.1, -0.05) is 0 Å². The SMILES string of the molecule is CC(C)(O)CC(=O)N1C2CC1CN(c1ccc(-c3cc(OCCN4CC5CNCC5C4)cn4ncc(C#N)c34)cn1)C2. The van der Waals surface area contributed by atoms with Gasteiger partial charge in [-0.05, 0) is 63.4 Å². The number of nitrogens with one attached hydrogen (secondary N) is 1. The van der Waals surface area contributed by atoms with Gasteiger partial charge in [0.2, 0.25) is 5.91 Å². The van der Waals surface area contributed by atoms with Crippen molar-refractivity contribution in [3.8, 4) is 22.9 Å². The van der Waals surface area contributed by atoms with Crippen LogP contribution in [0, 0.1) is 23.2 Å². The van der Waals surface area contributed by atoms with Crippen LogP contribution in [0.4, 0.5) is 5.82 Å². The van der Waals surface area contributed by atoms with E-state index in [-0.39, 0.29) is 24.4 Å². The van der Waals surface area contributed by atoms with Crippen molar-refractivity contribution in [2.75, 3.05) is 57.3 Å². The zero-order valence-corrected chi connectivity index (χ0v) is 24.2. The molecule has 0 radical (unpaired) electrons. The van der Waals surface area contributed by atoms with E-state index in [9.17, 15) is 15.2 Å². The molecule has 3 aromatic heterocycles. The molecule has 4 unspecified atom stereocenters. The molecule has 0 saturated carbocycles. The highest BCUT2D eigenvalue weighted by molar-refractivity contribution is 5.85. The molecular weight excluding hydrogens is 532 g/mol. The number of ether oxygens (including phenoxy) is 1. The van der Waals surface area contributed by atoms with E-state index in [1.54, 1.807) is 24.6 Å². The Morgan fingerprint density at radius 3 is 2.60 bits per heavy atom. The number of likely N-dealkylation sites (tertiary alicyclic amines) is 1. The lowest BCUT2D eigenvalue weighted by atomic mass is 9.86. The number of hydrogen-bond acceptors (Lipinski definition) is 9. The maximum Gasteiger partial charge on any atom is 0.226 e. The van der Waals surface area contributed by atoms with Gasteiger partial charge in [-0.3, -0.25) is 9.69 Å². The van der Waals surface area contributed by atoms with Crippen LogP contribution in [0.1, 0.15) is 32.3 Å². The van der Waals surface area contributed by atoms with E-state index in [4.69, 9.17) is 9.72 Å². The third-order valence-electron chi connectivity index (χ3n) is 9.30. The summed E-state index contributed by atoms with van der Waals surface area (Å²) in [7, 11) is 0. The first-order valence-corrected chi connectivity index (χ1v) is 15.0. The molecule has 0 aromatic carbocycles. The number of hydrogen-bond donors (Lipinski definition) is 2. The van der Waals surface area contributed by atoms with Gasteiger partial charge in [-0.25, -0.2) is 9.50 Å². The molecule has 5 saturated heterocycles. The zero-order chi connectivity index (χ0) is 29.0. The smallest absolute Gasteiger partial charge is 0.226 e. The summed E-state index contributed by atoms with van der Waals surface area (Å²) in [6, 6.07) is 8.59. The topological polar surface area (TPSA) is 122 Å². The van der Waals surface area contributed by atoms with Crippen molar-refractivity contribution >= 4 is 17.2 Å². The lowest BCUT2D eigenvalue weighted by Gasteiger charge is -2.56. The normalized spacial score (nSPS) is 25.4. The Labute approximate surface area is 245 Å². The Bertz CT molecular complexity index is 1500. The highest BCUT2D eigenvalue weighted by Crippen LogP contribution is 2.36. The second-order valence-electron chi connectivity index (χ2n) is 13.0. The van der Waals surface area contributed by atoms with Crippen molar-refractivity contribution in [1.82, 2.24) is 29.7 Å². The number of pyridine rings is 2. The average Bonchev–Trinajstić information content (AvgIpc) is 3.67. The number of nitrogens with zero attached hydrogens (tertiary/aromatic N) is 7. The number of piperazine rings is 1. The number of piperidine rings is 1. The van der Waals surface area contributed by atoms with Crippen LogP contribution in [0.2, 0.25) is 0 Å². The van der Waals surface area contributed by atoms with Crippen LogP contribution in [0.5, 0.6) is 5.75 Å².